The smallest absolute Gasteiger partial charge is 0.146 e. The fraction of sp³-hybridized carbons (Fsp3) is 0.875. The summed E-state index contributed by atoms with van der Waals surface area (Å²) < 4.78 is 0. The number of ketones is 2. The first kappa shape index (κ1) is 11.2. The third kappa shape index (κ3) is 1.24. The zero-order chi connectivity index (χ0) is 12.3. The topological polar surface area (TPSA) is 34.1 Å². The predicted molar refractivity (Wildman–Crippen MR) is 68.0 cm³/mol. The maximum Gasteiger partial charge on any atom is 0.146 e. The van der Waals surface area contributed by atoms with Gasteiger partial charge in [-0.05, 0) is 62.2 Å². The van der Waals surface area contributed by atoms with Crippen LogP contribution in [0.1, 0.15) is 57.8 Å². The van der Waals surface area contributed by atoms with Gasteiger partial charge in [0.05, 0.1) is 5.41 Å². The van der Waals surface area contributed by atoms with Crippen LogP contribution >= 0.6 is 0 Å². The summed E-state index contributed by atoms with van der Waals surface area (Å²) in [6.07, 6.45) is 9.49. The van der Waals surface area contributed by atoms with Crippen LogP contribution in [-0.2, 0) is 9.59 Å². The summed E-state index contributed by atoms with van der Waals surface area (Å²) in [5.74, 6) is 3.21. The molecule has 0 aliphatic heterocycles. The second-order valence-corrected chi connectivity index (χ2v) is 7.16. The summed E-state index contributed by atoms with van der Waals surface area (Å²) in [4.78, 5) is 25.2. The van der Waals surface area contributed by atoms with Crippen LogP contribution in [0.25, 0.3) is 0 Å². The zero-order valence-corrected chi connectivity index (χ0v) is 11.0. The molecule has 1 spiro atoms. The molecule has 98 valence electrons. The van der Waals surface area contributed by atoms with E-state index in [2.05, 4.69) is 0 Å². The van der Waals surface area contributed by atoms with Gasteiger partial charge in [-0.1, -0.05) is 6.42 Å². The van der Waals surface area contributed by atoms with Crippen molar-refractivity contribution in [1.29, 1.82) is 0 Å². The second kappa shape index (κ2) is 3.68. The van der Waals surface area contributed by atoms with Crippen LogP contribution in [0.2, 0.25) is 0 Å². The van der Waals surface area contributed by atoms with E-state index in [0.717, 1.165) is 31.6 Å². The lowest BCUT2D eigenvalue weighted by molar-refractivity contribution is -0.157. The third-order valence-corrected chi connectivity index (χ3v) is 6.61. The minimum Gasteiger partial charge on any atom is -0.299 e. The quantitative estimate of drug-likeness (QED) is 0.615. The van der Waals surface area contributed by atoms with Crippen molar-refractivity contribution in [3.8, 4) is 0 Å². The molecule has 18 heavy (non-hydrogen) atoms. The van der Waals surface area contributed by atoms with Crippen LogP contribution in [0.4, 0.5) is 0 Å². The lowest BCUT2D eigenvalue weighted by atomic mass is 9.50. The maximum atomic E-state index is 12.7. The fourth-order valence-corrected chi connectivity index (χ4v) is 5.78. The van der Waals surface area contributed by atoms with E-state index in [4.69, 9.17) is 0 Å². The average molecular weight is 246 g/mol. The van der Waals surface area contributed by atoms with Gasteiger partial charge >= 0.3 is 0 Å². The van der Waals surface area contributed by atoms with Crippen LogP contribution in [-0.4, -0.2) is 11.6 Å². The standard InChI is InChI=1S/C16H22O2/c17-14-3-1-2-6-16(14)13-8-12(9-15(16)18)10-4-5-11(13)7-10/h10-13H,1-9H2. The molecule has 4 bridgehead atoms. The number of carbonyl (C=O) groups excluding carboxylic acids is 2. The molecule has 2 heteroatoms. The molecule has 0 heterocycles. The molecule has 5 atom stereocenters. The Morgan fingerprint density at radius 3 is 2.56 bits per heavy atom. The molecule has 4 aliphatic carbocycles. The van der Waals surface area contributed by atoms with Crippen LogP contribution in [0, 0.1) is 29.1 Å². The number of rotatable bonds is 0. The molecule has 5 unspecified atom stereocenters. The molecule has 0 saturated heterocycles. The molecule has 0 aromatic heterocycles. The van der Waals surface area contributed by atoms with E-state index < -0.39 is 5.41 Å². The van der Waals surface area contributed by atoms with E-state index in [1.807, 2.05) is 0 Å². The van der Waals surface area contributed by atoms with Crippen LogP contribution in [0.5, 0.6) is 0 Å². The maximum absolute atomic E-state index is 12.7. The summed E-state index contributed by atoms with van der Waals surface area (Å²) in [5.41, 5.74) is -0.505. The fourth-order valence-electron chi connectivity index (χ4n) is 5.78. The van der Waals surface area contributed by atoms with E-state index in [9.17, 15) is 9.59 Å². The van der Waals surface area contributed by atoms with Gasteiger partial charge < -0.3 is 0 Å². The van der Waals surface area contributed by atoms with Gasteiger partial charge in [0.2, 0.25) is 0 Å². The van der Waals surface area contributed by atoms with E-state index >= 15 is 0 Å². The van der Waals surface area contributed by atoms with E-state index in [-0.39, 0.29) is 0 Å². The van der Waals surface area contributed by atoms with Crippen molar-refractivity contribution in [3.63, 3.8) is 0 Å². The Kier molecular flexibility index (Phi) is 2.29. The number of hydrogen-bond acceptors (Lipinski definition) is 2. The molecule has 4 aliphatic rings. The number of hydrogen-bond donors (Lipinski definition) is 0. The van der Waals surface area contributed by atoms with Gasteiger partial charge in [0.15, 0.2) is 0 Å². The van der Waals surface area contributed by atoms with Gasteiger partial charge in [0.25, 0.3) is 0 Å². The lowest BCUT2D eigenvalue weighted by Gasteiger charge is -2.51. The monoisotopic (exact) mass is 246 g/mol. The Balaban J connectivity index is 1.77. The minimum atomic E-state index is -0.505. The Labute approximate surface area is 109 Å². The lowest BCUT2D eigenvalue weighted by Crippen LogP contribution is -2.55. The predicted octanol–water partition coefficient (Wildman–Crippen LogP) is 3.14. The highest BCUT2D eigenvalue weighted by Gasteiger charge is 2.61. The summed E-state index contributed by atoms with van der Waals surface area (Å²) >= 11 is 0. The van der Waals surface area contributed by atoms with Crippen molar-refractivity contribution < 1.29 is 9.59 Å². The molecule has 2 nitrogen and oxygen atoms in total. The molecular weight excluding hydrogens is 224 g/mol. The van der Waals surface area contributed by atoms with Crippen molar-refractivity contribution in [3.05, 3.63) is 0 Å². The van der Waals surface area contributed by atoms with Gasteiger partial charge in [-0.15, -0.1) is 0 Å². The first-order valence-corrected chi connectivity index (χ1v) is 7.78. The highest BCUT2D eigenvalue weighted by atomic mass is 16.2. The Morgan fingerprint density at radius 2 is 1.72 bits per heavy atom. The van der Waals surface area contributed by atoms with Gasteiger partial charge in [-0.2, -0.15) is 0 Å². The number of Topliss-reactive ketones (excluding diaryl/α,β-unsaturated/α-hetero) is 2. The summed E-state index contributed by atoms with van der Waals surface area (Å²) in [6, 6.07) is 0. The van der Waals surface area contributed by atoms with Gasteiger partial charge in [-0.25, -0.2) is 0 Å². The molecule has 4 fully saturated rings. The highest BCUT2D eigenvalue weighted by molar-refractivity contribution is 6.08. The molecule has 0 radical (unpaired) electrons. The van der Waals surface area contributed by atoms with Crippen LogP contribution < -0.4 is 0 Å². The van der Waals surface area contributed by atoms with Gasteiger partial charge in [-0.3, -0.25) is 9.59 Å². The number of fused-ring (bicyclic) bond motifs is 7. The van der Waals surface area contributed by atoms with Crippen LogP contribution in [0.15, 0.2) is 0 Å². The summed E-state index contributed by atoms with van der Waals surface area (Å²) in [5, 5.41) is 0. The van der Waals surface area contributed by atoms with E-state index in [1.54, 1.807) is 0 Å². The molecule has 0 amide bonds. The Bertz CT molecular complexity index is 413. The summed E-state index contributed by atoms with van der Waals surface area (Å²) in [6.45, 7) is 0. The minimum absolute atomic E-state index is 0.313. The van der Waals surface area contributed by atoms with Crippen molar-refractivity contribution in [1.82, 2.24) is 0 Å². The molecule has 0 N–H and O–H groups in total. The normalized spacial score (nSPS) is 50.9. The van der Waals surface area contributed by atoms with Gasteiger partial charge in [0.1, 0.15) is 11.6 Å². The molecular formula is C16H22O2. The van der Waals surface area contributed by atoms with Crippen LogP contribution in [0.3, 0.4) is 0 Å². The van der Waals surface area contributed by atoms with E-state index in [1.165, 1.54) is 25.7 Å². The zero-order valence-electron chi connectivity index (χ0n) is 11.0. The number of carbonyl (C=O) groups is 2. The van der Waals surface area contributed by atoms with Crippen molar-refractivity contribution >= 4 is 11.6 Å². The molecule has 4 rings (SSSR count). The largest absolute Gasteiger partial charge is 0.299 e. The first-order chi connectivity index (χ1) is 8.72. The van der Waals surface area contributed by atoms with Gasteiger partial charge in [0, 0.05) is 12.8 Å². The third-order valence-electron chi connectivity index (χ3n) is 6.61. The van der Waals surface area contributed by atoms with E-state index in [0.29, 0.717) is 35.7 Å². The van der Waals surface area contributed by atoms with Crippen molar-refractivity contribution in [2.24, 2.45) is 29.1 Å². The average Bonchev–Trinajstić information content (AvgIpc) is 2.79. The van der Waals surface area contributed by atoms with Crippen molar-refractivity contribution in [2.45, 2.75) is 57.8 Å². The Morgan fingerprint density at radius 1 is 0.889 bits per heavy atom. The SMILES string of the molecule is O=C1CCCCC12C(=O)CC1CC2C2CCC1C2. The van der Waals surface area contributed by atoms with Crippen molar-refractivity contribution in [2.75, 3.05) is 0 Å². The summed E-state index contributed by atoms with van der Waals surface area (Å²) in [7, 11) is 0. The molecule has 0 aromatic carbocycles. The Hall–Kier alpha value is -0.660. The highest BCUT2D eigenvalue weighted by Crippen LogP contribution is 2.61. The molecule has 4 saturated carbocycles. The first-order valence-electron chi connectivity index (χ1n) is 7.78. The molecule has 0 aromatic rings. The second-order valence-electron chi connectivity index (χ2n) is 7.16.